The van der Waals surface area contributed by atoms with Crippen LogP contribution in [0.15, 0.2) is 127 Å². The van der Waals surface area contributed by atoms with Crippen molar-refractivity contribution in [1.82, 2.24) is 0 Å². The molecule has 0 N–H and O–H groups in total. The average Bonchev–Trinajstić information content (AvgIpc) is 3.21. The van der Waals surface area contributed by atoms with E-state index in [2.05, 4.69) is 0 Å². The van der Waals surface area contributed by atoms with Crippen LogP contribution in [0, 0.1) is 30.3 Å². The smallest absolute Gasteiger partial charge is 0.343 e. The minimum Gasteiger partial charge on any atom is -0.462 e. The molecule has 0 unspecified atom stereocenters. The van der Waals surface area contributed by atoms with Gasteiger partial charge in [-0.2, -0.15) is 0 Å². The summed E-state index contributed by atoms with van der Waals surface area (Å²) in [6, 6.07) is 31.6. The second-order valence-electron chi connectivity index (χ2n) is 13.2. The summed E-state index contributed by atoms with van der Waals surface area (Å²) in [7, 11) is 0. The zero-order valence-electron chi connectivity index (χ0n) is 31.1. The third-order valence-electron chi connectivity index (χ3n) is 8.62. The summed E-state index contributed by atoms with van der Waals surface area (Å²) >= 11 is 0. The fraction of sp³-hybridized carbons (Fsp3) is 0.214. The first-order chi connectivity index (χ1) is 27.2. The van der Waals surface area contributed by atoms with Crippen LogP contribution < -0.4 is 9.47 Å². The molecule has 5 rings (SSSR count). The van der Waals surface area contributed by atoms with Gasteiger partial charge in [0, 0.05) is 42.5 Å². The molecule has 57 heavy (non-hydrogen) atoms. The van der Waals surface area contributed by atoms with E-state index in [4.69, 9.17) is 14.2 Å². The molecule has 0 fully saturated rings. The minimum absolute atomic E-state index is 0.0604. The van der Waals surface area contributed by atoms with Gasteiger partial charge in [-0.25, -0.2) is 14.4 Å². The largest absolute Gasteiger partial charge is 0.462 e. The highest BCUT2D eigenvalue weighted by atomic mass is 16.6. The van der Waals surface area contributed by atoms with Crippen molar-refractivity contribution in [2.45, 2.75) is 51.4 Å². The number of benzene rings is 5. The first-order valence-corrected chi connectivity index (χ1v) is 17.7. The number of rotatable bonds is 16. The van der Waals surface area contributed by atoms with Crippen LogP contribution >= 0.6 is 0 Å². The number of hydrogen-bond donors (Lipinski definition) is 0. The molecule has 0 spiro atoms. The second kappa shape index (κ2) is 20.4. The van der Waals surface area contributed by atoms with Gasteiger partial charge in [0.25, 0.3) is 17.1 Å². The fourth-order valence-corrected chi connectivity index (χ4v) is 5.37. The summed E-state index contributed by atoms with van der Waals surface area (Å²) in [5.41, 5.74) is 0.0103. The highest BCUT2D eigenvalue weighted by Crippen LogP contribution is 2.35. The molecule has 15 nitrogen and oxygen atoms in total. The third kappa shape index (κ3) is 13.2. The Hall–Kier alpha value is -7.29. The van der Waals surface area contributed by atoms with Crippen molar-refractivity contribution >= 4 is 35.0 Å². The zero-order valence-corrected chi connectivity index (χ0v) is 31.1. The lowest BCUT2D eigenvalue weighted by molar-refractivity contribution is -0.385. The number of nitrogens with zero attached hydrogens (tertiary/aromatic N) is 3. The van der Waals surface area contributed by atoms with E-state index in [1.807, 2.05) is 50.2 Å². The molecular formula is C42H39N3O12. The topological polar surface area (TPSA) is 208 Å². The van der Waals surface area contributed by atoms with Crippen LogP contribution in [0.1, 0.15) is 82.6 Å². The molecule has 5 aromatic carbocycles. The van der Waals surface area contributed by atoms with Crippen molar-refractivity contribution in [1.29, 1.82) is 0 Å². The van der Waals surface area contributed by atoms with Crippen molar-refractivity contribution in [3.63, 3.8) is 0 Å². The predicted octanol–water partition coefficient (Wildman–Crippen LogP) is 9.62. The van der Waals surface area contributed by atoms with Crippen LogP contribution in [0.25, 0.3) is 0 Å². The van der Waals surface area contributed by atoms with E-state index in [1.54, 1.807) is 12.1 Å². The molecule has 0 atom stereocenters. The Morgan fingerprint density at radius 2 is 0.860 bits per heavy atom. The lowest BCUT2D eigenvalue weighted by Gasteiger charge is -2.26. The number of esters is 3. The maximum Gasteiger partial charge on any atom is 0.343 e. The standard InChI is InChI=1S/C36H33N3O12.C6H6/c1-36(2,19-5-3-4-6-20-49-33(40)24-7-13-28(14-8-24)37(43)44)27-21-31(50-34(41)25-9-15-29(16-10-25)38(45)46)23-32(22-27)51-35(42)26-11-17-30(18-12-26)39(47)48;1-2-4-6-5-3-1/h7-18,21-23H,3-6,19-20H2,1-2H3;1-6H. The van der Waals surface area contributed by atoms with Crippen LogP contribution in [-0.4, -0.2) is 39.3 Å². The molecule has 0 radical (unpaired) electrons. The van der Waals surface area contributed by atoms with Gasteiger partial charge in [-0.05, 0) is 72.4 Å². The van der Waals surface area contributed by atoms with Crippen molar-refractivity contribution in [2.75, 3.05) is 6.61 Å². The van der Waals surface area contributed by atoms with Gasteiger partial charge in [0.2, 0.25) is 0 Å². The summed E-state index contributed by atoms with van der Waals surface area (Å²) in [6.07, 6.45) is 3.61. The van der Waals surface area contributed by atoms with Gasteiger partial charge in [0.1, 0.15) is 11.5 Å². The Labute approximate surface area is 327 Å². The molecule has 0 aliphatic rings. The van der Waals surface area contributed by atoms with Crippen LogP contribution in [0.4, 0.5) is 17.1 Å². The second-order valence-corrected chi connectivity index (χ2v) is 13.2. The maximum absolute atomic E-state index is 12.9. The van der Waals surface area contributed by atoms with Gasteiger partial charge >= 0.3 is 17.9 Å². The van der Waals surface area contributed by atoms with Gasteiger partial charge < -0.3 is 14.2 Å². The zero-order chi connectivity index (χ0) is 41.4. The van der Waals surface area contributed by atoms with Crippen LogP contribution in [0.5, 0.6) is 11.5 Å². The number of unbranched alkanes of at least 4 members (excludes halogenated alkanes) is 3. The Morgan fingerprint density at radius 1 is 0.509 bits per heavy atom. The van der Waals surface area contributed by atoms with Crippen molar-refractivity contribution < 1.29 is 43.4 Å². The predicted molar refractivity (Wildman–Crippen MR) is 208 cm³/mol. The molecule has 0 aliphatic carbocycles. The first-order valence-electron chi connectivity index (χ1n) is 17.7. The Kier molecular flexibility index (Phi) is 15.2. The molecular weight excluding hydrogens is 738 g/mol. The van der Waals surface area contributed by atoms with E-state index >= 15 is 0 Å². The SMILES string of the molecule is CC(C)(CCCCCCOC(=O)c1ccc([N+](=O)[O-])cc1)c1cc(OC(=O)c2ccc([N+](=O)[O-])cc2)cc(OC(=O)c2ccc([N+](=O)[O-])cc2)c1.c1ccccc1. The maximum atomic E-state index is 12.9. The van der Waals surface area contributed by atoms with Gasteiger partial charge in [-0.15, -0.1) is 0 Å². The van der Waals surface area contributed by atoms with Crippen LogP contribution in [0.2, 0.25) is 0 Å². The summed E-state index contributed by atoms with van der Waals surface area (Å²) in [5.74, 6) is -2.02. The third-order valence-corrected chi connectivity index (χ3v) is 8.62. The molecule has 294 valence electrons. The van der Waals surface area contributed by atoms with Crippen molar-refractivity contribution in [3.05, 3.63) is 180 Å². The Morgan fingerprint density at radius 3 is 1.23 bits per heavy atom. The van der Waals surface area contributed by atoms with Gasteiger partial charge in [-0.3, -0.25) is 30.3 Å². The van der Waals surface area contributed by atoms with Crippen LogP contribution in [0.3, 0.4) is 0 Å². The number of nitro benzene ring substituents is 3. The average molecular weight is 778 g/mol. The van der Waals surface area contributed by atoms with Crippen molar-refractivity contribution in [3.8, 4) is 11.5 Å². The quantitative estimate of drug-likeness (QED) is 0.0301. The fourth-order valence-electron chi connectivity index (χ4n) is 5.37. The number of nitro groups is 3. The van der Waals surface area contributed by atoms with Gasteiger partial charge in [0.05, 0.1) is 38.1 Å². The summed E-state index contributed by atoms with van der Waals surface area (Å²) < 4.78 is 16.5. The molecule has 0 bridgehead atoms. The monoisotopic (exact) mass is 777 g/mol. The molecule has 0 aromatic heterocycles. The Balaban J connectivity index is 0.00000109. The lowest BCUT2D eigenvalue weighted by atomic mass is 9.80. The summed E-state index contributed by atoms with van der Waals surface area (Å²) in [5, 5.41) is 32.8. The lowest BCUT2D eigenvalue weighted by Crippen LogP contribution is -2.18. The summed E-state index contributed by atoms with van der Waals surface area (Å²) in [4.78, 5) is 69.2. The van der Waals surface area contributed by atoms with E-state index in [-0.39, 0.29) is 51.9 Å². The first kappa shape index (κ1) is 42.5. The van der Waals surface area contributed by atoms with Gasteiger partial charge in [-0.1, -0.05) is 69.5 Å². The molecule has 15 heteroatoms. The molecule has 0 aliphatic heterocycles. The number of hydrogen-bond acceptors (Lipinski definition) is 12. The molecule has 0 heterocycles. The number of ether oxygens (including phenoxy) is 3. The minimum atomic E-state index is -0.790. The van der Waals surface area contributed by atoms with E-state index < -0.39 is 38.1 Å². The molecule has 0 saturated carbocycles. The molecule has 0 amide bonds. The molecule has 0 saturated heterocycles. The normalized spacial score (nSPS) is 10.6. The van der Waals surface area contributed by atoms with Gasteiger partial charge in [0.15, 0.2) is 0 Å². The summed E-state index contributed by atoms with van der Waals surface area (Å²) in [6.45, 7) is 4.13. The number of non-ortho nitro benzene ring substituents is 3. The van der Waals surface area contributed by atoms with E-state index in [9.17, 15) is 44.7 Å². The Bertz CT molecular complexity index is 2060. The number of carbonyl (C=O) groups excluding carboxylic acids is 3. The van der Waals surface area contributed by atoms with E-state index in [1.165, 1.54) is 78.9 Å². The van der Waals surface area contributed by atoms with E-state index in [0.717, 1.165) is 19.3 Å². The van der Waals surface area contributed by atoms with Crippen LogP contribution in [-0.2, 0) is 10.2 Å². The van der Waals surface area contributed by atoms with E-state index in [0.29, 0.717) is 18.4 Å². The molecule has 5 aromatic rings. The van der Waals surface area contributed by atoms with Crippen molar-refractivity contribution in [2.24, 2.45) is 0 Å². The highest BCUT2D eigenvalue weighted by molar-refractivity contribution is 5.92. The number of carbonyl (C=O) groups is 3. The highest BCUT2D eigenvalue weighted by Gasteiger charge is 2.24.